The van der Waals surface area contributed by atoms with Crippen LogP contribution in [-0.4, -0.2) is 23.5 Å². The van der Waals surface area contributed by atoms with Crippen molar-refractivity contribution in [2.24, 2.45) is 0 Å². The lowest BCUT2D eigenvalue weighted by Gasteiger charge is -2.09. The highest BCUT2D eigenvalue weighted by molar-refractivity contribution is 9.10. The molecule has 0 unspecified atom stereocenters. The van der Waals surface area contributed by atoms with Crippen LogP contribution >= 0.6 is 15.9 Å². The molecule has 1 N–H and O–H groups in total. The standard InChI is InChI=1S/C13H15BrO4/c1-2-18-12-7-6-9(14)8-10(12)11(15)4-3-5-13(16)17/h6-8H,2-5H2,1H3,(H,16,17). The van der Waals surface area contributed by atoms with Crippen molar-refractivity contribution in [3.8, 4) is 5.75 Å². The smallest absolute Gasteiger partial charge is 0.303 e. The number of ketones is 1. The zero-order valence-electron chi connectivity index (χ0n) is 10.1. The minimum Gasteiger partial charge on any atom is -0.493 e. The number of benzene rings is 1. The van der Waals surface area contributed by atoms with Crippen molar-refractivity contribution in [3.05, 3.63) is 28.2 Å². The third-order valence-corrected chi connectivity index (χ3v) is 2.83. The highest BCUT2D eigenvalue weighted by Crippen LogP contribution is 2.25. The Morgan fingerprint density at radius 2 is 2.06 bits per heavy atom. The van der Waals surface area contributed by atoms with Gasteiger partial charge in [0.15, 0.2) is 5.78 Å². The van der Waals surface area contributed by atoms with Crippen LogP contribution in [0.5, 0.6) is 5.75 Å². The molecule has 0 aliphatic carbocycles. The average molecular weight is 315 g/mol. The van der Waals surface area contributed by atoms with E-state index in [1.807, 2.05) is 6.92 Å². The maximum absolute atomic E-state index is 12.0. The molecular formula is C13H15BrO4. The molecule has 0 bridgehead atoms. The summed E-state index contributed by atoms with van der Waals surface area (Å²) in [5.41, 5.74) is 0.497. The molecule has 0 saturated carbocycles. The third-order valence-electron chi connectivity index (χ3n) is 2.34. The fourth-order valence-corrected chi connectivity index (χ4v) is 1.90. The van der Waals surface area contributed by atoms with Gasteiger partial charge < -0.3 is 9.84 Å². The molecule has 0 aromatic heterocycles. The van der Waals surface area contributed by atoms with Crippen LogP contribution in [0.25, 0.3) is 0 Å². The number of rotatable bonds is 7. The van der Waals surface area contributed by atoms with Gasteiger partial charge in [-0.05, 0) is 31.5 Å². The van der Waals surface area contributed by atoms with Crippen LogP contribution in [0.15, 0.2) is 22.7 Å². The van der Waals surface area contributed by atoms with E-state index < -0.39 is 5.97 Å². The van der Waals surface area contributed by atoms with Gasteiger partial charge in [-0.15, -0.1) is 0 Å². The predicted octanol–water partition coefficient (Wildman–Crippen LogP) is 3.29. The van der Waals surface area contributed by atoms with Gasteiger partial charge in [-0.3, -0.25) is 9.59 Å². The molecule has 4 nitrogen and oxygen atoms in total. The van der Waals surface area contributed by atoms with E-state index in [1.54, 1.807) is 18.2 Å². The number of Topliss-reactive ketones (excluding diaryl/α,β-unsaturated/α-hetero) is 1. The molecule has 0 saturated heterocycles. The Morgan fingerprint density at radius 1 is 1.33 bits per heavy atom. The zero-order valence-corrected chi connectivity index (χ0v) is 11.7. The zero-order chi connectivity index (χ0) is 13.5. The van der Waals surface area contributed by atoms with Crippen molar-refractivity contribution in [2.45, 2.75) is 26.2 Å². The van der Waals surface area contributed by atoms with Gasteiger partial charge in [0.2, 0.25) is 0 Å². The fourth-order valence-electron chi connectivity index (χ4n) is 1.54. The van der Waals surface area contributed by atoms with Crippen LogP contribution in [0.3, 0.4) is 0 Å². The van der Waals surface area contributed by atoms with E-state index in [4.69, 9.17) is 9.84 Å². The highest BCUT2D eigenvalue weighted by atomic mass is 79.9. The van der Waals surface area contributed by atoms with Crippen LogP contribution < -0.4 is 4.74 Å². The topological polar surface area (TPSA) is 63.6 Å². The monoisotopic (exact) mass is 314 g/mol. The molecular weight excluding hydrogens is 300 g/mol. The minimum atomic E-state index is -0.887. The second-order valence-corrected chi connectivity index (χ2v) is 4.66. The number of carbonyl (C=O) groups is 2. The first-order valence-corrected chi connectivity index (χ1v) is 6.51. The lowest BCUT2D eigenvalue weighted by molar-refractivity contribution is -0.137. The molecule has 18 heavy (non-hydrogen) atoms. The third kappa shape index (κ3) is 4.49. The van der Waals surface area contributed by atoms with E-state index in [0.717, 1.165) is 4.47 Å². The van der Waals surface area contributed by atoms with E-state index in [-0.39, 0.29) is 18.6 Å². The Hall–Kier alpha value is -1.36. The largest absolute Gasteiger partial charge is 0.493 e. The van der Waals surface area contributed by atoms with Crippen molar-refractivity contribution in [2.75, 3.05) is 6.61 Å². The van der Waals surface area contributed by atoms with E-state index in [9.17, 15) is 9.59 Å². The van der Waals surface area contributed by atoms with Gasteiger partial charge in [-0.2, -0.15) is 0 Å². The maximum atomic E-state index is 12.0. The molecule has 0 atom stereocenters. The molecule has 1 aromatic rings. The van der Waals surface area contributed by atoms with E-state index in [1.165, 1.54) is 0 Å². The molecule has 0 heterocycles. The number of carbonyl (C=O) groups excluding carboxylic acids is 1. The van der Waals surface area contributed by atoms with Crippen molar-refractivity contribution in [1.29, 1.82) is 0 Å². The van der Waals surface area contributed by atoms with Crippen LogP contribution in [-0.2, 0) is 4.79 Å². The first-order valence-electron chi connectivity index (χ1n) is 5.72. The summed E-state index contributed by atoms with van der Waals surface area (Å²) in [5.74, 6) is -0.441. The van der Waals surface area contributed by atoms with Gasteiger partial charge >= 0.3 is 5.97 Å². The number of carboxylic acids is 1. The molecule has 1 aromatic carbocycles. The van der Waals surface area contributed by atoms with Gasteiger partial charge in [-0.1, -0.05) is 15.9 Å². The summed E-state index contributed by atoms with van der Waals surface area (Å²) in [4.78, 5) is 22.4. The molecule has 0 amide bonds. The fraction of sp³-hybridized carbons (Fsp3) is 0.385. The Kier molecular flexibility index (Phi) is 5.85. The summed E-state index contributed by atoms with van der Waals surface area (Å²) < 4.78 is 6.18. The SMILES string of the molecule is CCOc1ccc(Br)cc1C(=O)CCCC(=O)O. The molecule has 0 fully saturated rings. The molecule has 0 aliphatic rings. The first-order chi connectivity index (χ1) is 8.54. The van der Waals surface area contributed by atoms with Gasteiger partial charge in [0, 0.05) is 17.3 Å². The molecule has 1 rings (SSSR count). The summed E-state index contributed by atoms with van der Waals surface area (Å²) in [6.45, 7) is 2.33. The molecule has 98 valence electrons. The van der Waals surface area contributed by atoms with Crippen LogP contribution in [0, 0.1) is 0 Å². The predicted molar refractivity (Wildman–Crippen MR) is 71.1 cm³/mol. The highest BCUT2D eigenvalue weighted by Gasteiger charge is 2.13. The van der Waals surface area contributed by atoms with Crippen LogP contribution in [0.2, 0.25) is 0 Å². The average Bonchev–Trinajstić information content (AvgIpc) is 2.31. The maximum Gasteiger partial charge on any atom is 0.303 e. The Morgan fingerprint density at radius 3 is 2.67 bits per heavy atom. The first kappa shape index (κ1) is 14.7. The second kappa shape index (κ2) is 7.16. The minimum absolute atomic E-state index is 0.00368. The summed E-state index contributed by atoms with van der Waals surface area (Å²) in [6, 6.07) is 5.24. The quantitative estimate of drug-likeness (QED) is 0.784. The van der Waals surface area contributed by atoms with Gasteiger partial charge in [0.25, 0.3) is 0 Å². The summed E-state index contributed by atoms with van der Waals surface area (Å²) >= 11 is 3.31. The normalized spacial score (nSPS) is 10.1. The van der Waals surface area contributed by atoms with Gasteiger partial charge in [0.1, 0.15) is 5.75 Å². The van der Waals surface area contributed by atoms with E-state index in [2.05, 4.69) is 15.9 Å². The number of halogens is 1. The molecule has 0 spiro atoms. The van der Waals surface area contributed by atoms with Crippen molar-refractivity contribution < 1.29 is 19.4 Å². The molecule has 0 radical (unpaired) electrons. The Bertz CT molecular complexity index is 443. The number of hydrogen-bond acceptors (Lipinski definition) is 3. The Balaban J connectivity index is 2.76. The summed E-state index contributed by atoms with van der Waals surface area (Å²) in [7, 11) is 0. The van der Waals surface area contributed by atoms with Crippen LogP contribution in [0.4, 0.5) is 0 Å². The lowest BCUT2D eigenvalue weighted by Crippen LogP contribution is -2.05. The lowest BCUT2D eigenvalue weighted by atomic mass is 10.0. The summed E-state index contributed by atoms with van der Waals surface area (Å²) in [6.07, 6.45) is 0.554. The van der Waals surface area contributed by atoms with Crippen molar-refractivity contribution in [1.82, 2.24) is 0 Å². The number of ether oxygens (including phenoxy) is 1. The summed E-state index contributed by atoms with van der Waals surface area (Å²) in [5, 5.41) is 8.54. The molecule has 5 heteroatoms. The van der Waals surface area contributed by atoms with Gasteiger partial charge in [-0.25, -0.2) is 0 Å². The van der Waals surface area contributed by atoms with Crippen molar-refractivity contribution >= 4 is 27.7 Å². The van der Waals surface area contributed by atoms with Gasteiger partial charge in [0.05, 0.1) is 12.2 Å². The van der Waals surface area contributed by atoms with Crippen molar-refractivity contribution in [3.63, 3.8) is 0 Å². The number of carboxylic acid groups (broad SMARTS) is 1. The second-order valence-electron chi connectivity index (χ2n) is 3.74. The number of hydrogen-bond donors (Lipinski definition) is 1. The number of aliphatic carboxylic acids is 1. The van der Waals surface area contributed by atoms with Crippen LogP contribution in [0.1, 0.15) is 36.5 Å². The Labute approximate surface area is 114 Å². The molecule has 0 aliphatic heterocycles. The van der Waals surface area contributed by atoms with E-state index in [0.29, 0.717) is 24.3 Å². The van der Waals surface area contributed by atoms with E-state index >= 15 is 0 Å².